The maximum atomic E-state index is 6.13. The van der Waals surface area contributed by atoms with Gasteiger partial charge < -0.3 is 19.4 Å². The van der Waals surface area contributed by atoms with E-state index in [-0.39, 0.29) is 36.1 Å². The molecule has 2 saturated heterocycles. The summed E-state index contributed by atoms with van der Waals surface area (Å²) in [6, 6.07) is 14.4. The lowest BCUT2D eigenvalue weighted by molar-refractivity contribution is 0.129. The van der Waals surface area contributed by atoms with E-state index >= 15 is 0 Å². The summed E-state index contributed by atoms with van der Waals surface area (Å²) in [5.74, 6) is 2.96. The number of furan rings is 1. The molecule has 164 valence electrons. The second-order valence-corrected chi connectivity index (χ2v) is 7.82. The van der Waals surface area contributed by atoms with Gasteiger partial charge in [0.15, 0.2) is 5.96 Å². The quantitative estimate of drug-likeness (QED) is 0.350. The molecule has 1 aromatic carbocycles. The second-order valence-electron chi connectivity index (χ2n) is 7.82. The molecule has 0 aliphatic carbocycles. The average molecular weight is 524 g/mol. The van der Waals surface area contributed by atoms with Crippen molar-refractivity contribution in [3.63, 3.8) is 0 Å². The lowest BCUT2D eigenvalue weighted by Gasteiger charge is -2.35. The first-order chi connectivity index (χ1) is 14.3. The largest absolute Gasteiger partial charge is 0.490 e. The molecule has 1 aromatic heterocycles. The van der Waals surface area contributed by atoms with Crippen molar-refractivity contribution in [1.82, 2.24) is 15.1 Å². The van der Waals surface area contributed by atoms with E-state index in [4.69, 9.17) is 9.15 Å². The highest BCUT2D eigenvalue weighted by Gasteiger charge is 2.27. The van der Waals surface area contributed by atoms with E-state index in [1.54, 1.807) is 6.26 Å². The van der Waals surface area contributed by atoms with E-state index in [0.29, 0.717) is 0 Å². The molecule has 2 aliphatic rings. The van der Waals surface area contributed by atoms with Crippen molar-refractivity contribution in [2.24, 2.45) is 4.99 Å². The lowest BCUT2D eigenvalue weighted by Crippen LogP contribution is -2.49. The minimum absolute atomic E-state index is 0. The first kappa shape index (κ1) is 22.9. The van der Waals surface area contributed by atoms with Gasteiger partial charge in [0.1, 0.15) is 17.6 Å². The lowest BCUT2D eigenvalue weighted by atomic mass is 10.1. The van der Waals surface area contributed by atoms with Crippen molar-refractivity contribution < 1.29 is 9.15 Å². The van der Waals surface area contributed by atoms with Gasteiger partial charge in [-0.1, -0.05) is 18.2 Å². The van der Waals surface area contributed by atoms with Gasteiger partial charge >= 0.3 is 0 Å². The number of ether oxygens (including phenoxy) is 1. The normalized spacial score (nSPS) is 19.4. The highest BCUT2D eigenvalue weighted by molar-refractivity contribution is 14.0. The molecular formula is C23H33IN4O2. The summed E-state index contributed by atoms with van der Waals surface area (Å²) in [5.41, 5.74) is 0. The number of benzene rings is 1. The van der Waals surface area contributed by atoms with E-state index in [2.05, 4.69) is 26.2 Å². The number of hydrogen-bond acceptors (Lipinski definition) is 4. The maximum Gasteiger partial charge on any atom is 0.193 e. The first-order valence-electron chi connectivity index (χ1n) is 10.8. The number of para-hydroxylation sites is 1. The zero-order valence-corrected chi connectivity index (χ0v) is 20.0. The molecule has 0 amide bonds. The number of rotatable bonds is 6. The van der Waals surface area contributed by atoms with Gasteiger partial charge in [0.05, 0.1) is 12.3 Å². The minimum Gasteiger partial charge on any atom is -0.490 e. The third kappa shape index (κ3) is 5.91. The van der Waals surface area contributed by atoms with Gasteiger partial charge in [0.2, 0.25) is 0 Å². The Morgan fingerprint density at radius 1 is 1.10 bits per heavy atom. The Balaban J connectivity index is 0.00000256. The highest BCUT2D eigenvalue weighted by atomic mass is 127. The Kier molecular flexibility index (Phi) is 8.87. The average Bonchev–Trinajstić information content (AvgIpc) is 3.48. The molecule has 1 unspecified atom stereocenters. The molecule has 0 saturated carbocycles. The zero-order valence-electron chi connectivity index (χ0n) is 17.7. The molecule has 4 rings (SSSR count). The van der Waals surface area contributed by atoms with Crippen LogP contribution in [0.4, 0.5) is 0 Å². The summed E-state index contributed by atoms with van der Waals surface area (Å²) in [7, 11) is 1.87. The molecule has 0 bridgehead atoms. The number of nitrogens with one attached hydrogen (secondary N) is 1. The van der Waals surface area contributed by atoms with E-state index in [1.165, 1.54) is 12.8 Å². The number of likely N-dealkylation sites (tertiary alicyclic amines) is 2. The molecule has 6 nitrogen and oxygen atoms in total. The van der Waals surface area contributed by atoms with Gasteiger partial charge in [0.25, 0.3) is 0 Å². The number of nitrogens with zero attached hydrogens (tertiary/aromatic N) is 3. The third-order valence-corrected chi connectivity index (χ3v) is 5.91. The third-order valence-electron chi connectivity index (χ3n) is 5.91. The Morgan fingerprint density at radius 2 is 1.83 bits per heavy atom. The minimum atomic E-state index is 0. The van der Waals surface area contributed by atoms with Crippen molar-refractivity contribution in [2.45, 2.75) is 37.8 Å². The van der Waals surface area contributed by atoms with Crippen LogP contribution in [0.1, 0.15) is 37.5 Å². The van der Waals surface area contributed by atoms with Gasteiger partial charge in [-0.2, -0.15) is 0 Å². The standard InChI is InChI=1S/C23H32N4O2.HI/c1-24-23(25-18-21(22-10-7-17-28-22)26-13-5-6-14-26)27-15-11-20(12-16-27)29-19-8-3-2-4-9-19;/h2-4,7-10,17,20-21H,5-6,11-16,18H2,1H3,(H,24,25);1H. The molecule has 2 aliphatic heterocycles. The SMILES string of the molecule is CN=C(NCC(c1ccco1)N1CCCC1)N1CCC(Oc2ccccc2)CC1.I. The Morgan fingerprint density at radius 3 is 2.47 bits per heavy atom. The summed E-state index contributed by atoms with van der Waals surface area (Å²) in [6.45, 7) is 4.97. The Bertz CT molecular complexity index is 755. The van der Waals surface area contributed by atoms with Crippen LogP contribution in [0.5, 0.6) is 5.75 Å². The monoisotopic (exact) mass is 524 g/mol. The summed E-state index contributed by atoms with van der Waals surface area (Å²) in [4.78, 5) is 9.40. The molecule has 2 fully saturated rings. The maximum absolute atomic E-state index is 6.13. The number of halogens is 1. The van der Waals surface area contributed by atoms with Crippen LogP contribution in [0.2, 0.25) is 0 Å². The van der Waals surface area contributed by atoms with Crippen LogP contribution in [0.25, 0.3) is 0 Å². The van der Waals surface area contributed by atoms with Gasteiger partial charge in [-0.15, -0.1) is 24.0 Å². The summed E-state index contributed by atoms with van der Waals surface area (Å²) in [5, 5.41) is 3.60. The van der Waals surface area contributed by atoms with Gasteiger partial charge in [-0.05, 0) is 50.2 Å². The smallest absolute Gasteiger partial charge is 0.193 e. The molecule has 30 heavy (non-hydrogen) atoms. The van der Waals surface area contributed by atoms with Gasteiger partial charge in [0, 0.05) is 39.5 Å². The fourth-order valence-electron chi connectivity index (χ4n) is 4.34. The van der Waals surface area contributed by atoms with Crippen molar-refractivity contribution in [2.75, 3.05) is 39.8 Å². The van der Waals surface area contributed by atoms with Crippen molar-refractivity contribution in [1.29, 1.82) is 0 Å². The molecule has 7 heteroatoms. The number of piperidine rings is 1. The van der Waals surface area contributed by atoms with Crippen LogP contribution in [-0.2, 0) is 0 Å². The van der Waals surface area contributed by atoms with E-state index in [1.807, 2.05) is 43.4 Å². The summed E-state index contributed by atoms with van der Waals surface area (Å²) in [6.07, 6.45) is 6.58. The topological polar surface area (TPSA) is 53.2 Å². The van der Waals surface area contributed by atoms with Crippen molar-refractivity contribution >= 4 is 29.9 Å². The summed E-state index contributed by atoms with van der Waals surface area (Å²) < 4.78 is 11.9. The second kappa shape index (κ2) is 11.6. The van der Waals surface area contributed by atoms with Gasteiger partial charge in [-0.3, -0.25) is 9.89 Å². The fraction of sp³-hybridized carbons (Fsp3) is 0.522. The van der Waals surface area contributed by atoms with Crippen LogP contribution in [-0.4, -0.2) is 61.6 Å². The first-order valence-corrected chi connectivity index (χ1v) is 10.8. The van der Waals surface area contributed by atoms with Crippen molar-refractivity contribution in [3.05, 3.63) is 54.5 Å². The molecule has 1 atom stereocenters. The molecule has 1 N–H and O–H groups in total. The molecule has 3 heterocycles. The van der Waals surface area contributed by atoms with Crippen LogP contribution in [0.3, 0.4) is 0 Å². The van der Waals surface area contributed by atoms with E-state index in [0.717, 1.165) is 63.0 Å². The van der Waals surface area contributed by atoms with Crippen molar-refractivity contribution in [3.8, 4) is 5.75 Å². The number of aliphatic imine (C=N–C) groups is 1. The highest BCUT2D eigenvalue weighted by Crippen LogP contribution is 2.25. The summed E-state index contributed by atoms with van der Waals surface area (Å²) >= 11 is 0. The van der Waals surface area contributed by atoms with Crippen LogP contribution in [0, 0.1) is 0 Å². The molecule has 0 radical (unpaired) electrons. The molecule has 2 aromatic rings. The Labute approximate surface area is 196 Å². The Hall–Kier alpha value is -1.74. The van der Waals surface area contributed by atoms with Crippen LogP contribution in [0.15, 0.2) is 58.1 Å². The molecule has 0 spiro atoms. The predicted octanol–water partition coefficient (Wildman–Crippen LogP) is 4.15. The zero-order chi connectivity index (χ0) is 19.9. The van der Waals surface area contributed by atoms with E-state index < -0.39 is 0 Å². The predicted molar refractivity (Wildman–Crippen MR) is 131 cm³/mol. The number of hydrogen-bond donors (Lipinski definition) is 1. The van der Waals surface area contributed by atoms with Crippen LogP contribution < -0.4 is 10.1 Å². The fourth-order valence-corrected chi connectivity index (χ4v) is 4.34. The van der Waals surface area contributed by atoms with Gasteiger partial charge in [-0.25, -0.2) is 0 Å². The van der Waals surface area contributed by atoms with E-state index in [9.17, 15) is 0 Å². The number of guanidine groups is 1. The van der Waals surface area contributed by atoms with Crippen LogP contribution >= 0.6 is 24.0 Å². The molecular weight excluding hydrogens is 491 g/mol.